The second-order valence-electron chi connectivity index (χ2n) is 6.84. The Morgan fingerprint density at radius 3 is 2.64 bits per heavy atom. The van der Waals surface area contributed by atoms with Gasteiger partial charge >= 0.3 is 0 Å². The third kappa shape index (κ3) is 2.88. The summed E-state index contributed by atoms with van der Waals surface area (Å²) in [5.41, 5.74) is 0.626. The number of carbonyl (C=O) groups excluding carboxylic acids is 1. The van der Waals surface area contributed by atoms with Gasteiger partial charge < -0.3 is 10.2 Å². The average Bonchev–Trinajstić information content (AvgIpc) is 3.22. The van der Waals surface area contributed by atoms with Gasteiger partial charge in [-0.05, 0) is 50.1 Å². The van der Waals surface area contributed by atoms with E-state index in [1.165, 1.54) is 25.7 Å². The van der Waals surface area contributed by atoms with Gasteiger partial charge in [0.15, 0.2) is 0 Å². The summed E-state index contributed by atoms with van der Waals surface area (Å²) >= 11 is 0. The third-order valence-corrected chi connectivity index (χ3v) is 5.49. The lowest BCUT2D eigenvalue weighted by molar-refractivity contribution is 0.0773. The minimum atomic E-state index is 0. The Morgan fingerprint density at radius 2 is 1.95 bits per heavy atom. The van der Waals surface area contributed by atoms with Crippen molar-refractivity contribution in [2.45, 2.75) is 38.1 Å². The van der Waals surface area contributed by atoms with Gasteiger partial charge in [0, 0.05) is 25.8 Å². The van der Waals surface area contributed by atoms with Crippen LogP contribution >= 0.6 is 12.4 Å². The van der Waals surface area contributed by atoms with E-state index in [2.05, 4.69) is 10.4 Å². The highest BCUT2D eigenvalue weighted by Crippen LogP contribution is 2.38. The molecule has 1 aliphatic carbocycles. The van der Waals surface area contributed by atoms with Crippen molar-refractivity contribution in [1.29, 1.82) is 0 Å². The topological polar surface area (TPSA) is 50.2 Å². The number of fused-ring (bicyclic) bond motifs is 1. The van der Waals surface area contributed by atoms with Gasteiger partial charge in [-0.25, -0.2) is 0 Å². The minimum Gasteiger partial charge on any atom is -0.337 e. The molecule has 2 aliphatic heterocycles. The van der Waals surface area contributed by atoms with E-state index < -0.39 is 0 Å². The van der Waals surface area contributed by atoms with Gasteiger partial charge in [0.05, 0.1) is 6.04 Å². The monoisotopic (exact) mass is 324 g/mol. The van der Waals surface area contributed by atoms with Crippen molar-refractivity contribution < 1.29 is 4.79 Å². The zero-order chi connectivity index (χ0) is 14.2. The maximum absolute atomic E-state index is 12.6. The molecule has 3 fully saturated rings. The number of nitrogens with one attached hydrogen (secondary N) is 1. The summed E-state index contributed by atoms with van der Waals surface area (Å²) in [6.07, 6.45) is 8.26. The van der Waals surface area contributed by atoms with E-state index in [-0.39, 0.29) is 18.3 Å². The molecule has 0 aromatic carbocycles. The molecule has 1 aromatic rings. The van der Waals surface area contributed by atoms with E-state index >= 15 is 0 Å². The molecule has 0 radical (unpaired) electrons. The molecule has 6 heteroatoms. The fourth-order valence-electron chi connectivity index (χ4n) is 4.28. The van der Waals surface area contributed by atoms with Crippen molar-refractivity contribution in [1.82, 2.24) is 20.0 Å². The summed E-state index contributed by atoms with van der Waals surface area (Å²) in [5.74, 6) is 1.63. The number of aromatic nitrogens is 2. The lowest BCUT2D eigenvalue weighted by Gasteiger charge is -2.23. The molecule has 3 atom stereocenters. The smallest absolute Gasteiger partial charge is 0.274 e. The van der Waals surface area contributed by atoms with Gasteiger partial charge in [-0.2, -0.15) is 5.10 Å². The van der Waals surface area contributed by atoms with Crippen LogP contribution in [0, 0.1) is 11.8 Å². The fourth-order valence-corrected chi connectivity index (χ4v) is 4.28. The number of carbonyl (C=O) groups is 1. The molecule has 1 aromatic heterocycles. The summed E-state index contributed by atoms with van der Waals surface area (Å²) in [7, 11) is 0. The summed E-state index contributed by atoms with van der Waals surface area (Å²) < 4.78 is 1.98. The van der Waals surface area contributed by atoms with Gasteiger partial charge in [0.25, 0.3) is 5.91 Å². The highest BCUT2D eigenvalue weighted by atomic mass is 35.5. The lowest BCUT2D eigenvalue weighted by atomic mass is 10.0. The van der Waals surface area contributed by atoms with E-state index in [0.29, 0.717) is 11.7 Å². The maximum Gasteiger partial charge on any atom is 0.274 e. The van der Waals surface area contributed by atoms with E-state index in [1.54, 1.807) is 0 Å². The molecular weight excluding hydrogens is 300 g/mol. The van der Waals surface area contributed by atoms with Crippen LogP contribution in [0.1, 0.15) is 48.6 Å². The van der Waals surface area contributed by atoms with Gasteiger partial charge in [0.2, 0.25) is 0 Å². The van der Waals surface area contributed by atoms with Crippen LogP contribution in [0.25, 0.3) is 0 Å². The molecular formula is C16H25ClN4O. The highest BCUT2D eigenvalue weighted by molar-refractivity contribution is 5.92. The largest absolute Gasteiger partial charge is 0.337 e. The fraction of sp³-hybridized carbons (Fsp3) is 0.750. The van der Waals surface area contributed by atoms with Crippen molar-refractivity contribution >= 4 is 18.3 Å². The Labute approximate surface area is 137 Å². The standard InChI is InChI=1S/C16H24N4O.ClH/c21-16(19-10-12-3-1-4-13(12)11-19)15-6-8-20(18-15)14-5-2-7-17-9-14;/h6,8,12-14,17H,1-5,7,9-11H2;1H. The van der Waals surface area contributed by atoms with Crippen molar-refractivity contribution in [2.24, 2.45) is 11.8 Å². The van der Waals surface area contributed by atoms with Crippen LogP contribution in [0.3, 0.4) is 0 Å². The number of piperidine rings is 1. The molecule has 3 aliphatic rings. The van der Waals surface area contributed by atoms with Crippen LogP contribution in [-0.2, 0) is 0 Å². The Morgan fingerprint density at radius 1 is 1.18 bits per heavy atom. The Bertz CT molecular complexity index is 514. The SMILES string of the molecule is Cl.O=C(c1ccn(C2CCCNC2)n1)N1CC2CCCC2C1. The molecule has 4 rings (SSSR count). The first-order chi connectivity index (χ1) is 10.3. The number of rotatable bonds is 2. The lowest BCUT2D eigenvalue weighted by Crippen LogP contribution is -2.33. The molecule has 1 N–H and O–H groups in total. The first-order valence-corrected chi connectivity index (χ1v) is 8.36. The van der Waals surface area contributed by atoms with Crippen LogP contribution in [0.5, 0.6) is 0 Å². The molecule has 0 spiro atoms. The van der Waals surface area contributed by atoms with E-state index in [0.717, 1.165) is 44.4 Å². The number of amides is 1. The van der Waals surface area contributed by atoms with Crippen LogP contribution in [0.15, 0.2) is 12.3 Å². The molecule has 2 saturated heterocycles. The normalized spacial score (nSPS) is 30.9. The van der Waals surface area contributed by atoms with E-state index in [4.69, 9.17) is 0 Å². The van der Waals surface area contributed by atoms with Crippen LogP contribution in [0.4, 0.5) is 0 Å². The Kier molecular flexibility index (Phi) is 4.73. The predicted octanol–water partition coefficient (Wildman–Crippen LogP) is 2.10. The molecule has 0 bridgehead atoms. The number of nitrogens with zero attached hydrogens (tertiary/aromatic N) is 3. The summed E-state index contributed by atoms with van der Waals surface area (Å²) in [5, 5.41) is 7.96. The number of likely N-dealkylation sites (tertiary alicyclic amines) is 1. The highest BCUT2D eigenvalue weighted by Gasteiger charge is 2.38. The summed E-state index contributed by atoms with van der Waals surface area (Å²) in [4.78, 5) is 14.6. The second kappa shape index (κ2) is 6.59. The van der Waals surface area contributed by atoms with Crippen LogP contribution < -0.4 is 5.32 Å². The number of hydrogen-bond donors (Lipinski definition) is 1. The third-order valence-electron chi connectivity index (χ3n) is 5.49. The average molecular weight is 325 g/mol. The predicted molar refractivity (Wildman–Crippen MR) is 87.4 cm³/mol. The minimum absolute atomic E-state index is 0. The molecule has 22 heavy (non-hydrogen) atoms. The molecule has 3 heterocycles. The van der Waals surface area contributed by atoms with Gasteiger partial charge in [-0.1, -0.05) is 6.42 Å². The number of hydrogen-bond acceptors (Lipinski definition) is 3. The van der Waals surface area contributed by atoms with Crippen molar-refractivity contribution in [3.8, 4) is 0 Å². The molecule has 5 nitrogen and oxygen atoms in total. The zero-order valence-electron chi connectivity index (χ0n) is 12.9. The van der Waals surface area contributed by atoms with Crippen molar-refractivity contribution in [2.75, 3.05) is 26.2 Å². The van der Waals surface area contributed by atoms with E-state index in [9.17, 15) is 4.79 Å². The van der Waals surface area contributed by atoms with Crippen LogP contribution in [-0.4, -0.2) is 46.8 Å². The Hall–Kier alpha value is -1.07. The van der Waals surface area contributed by atoms with E-state index in [1.807, 2.05) is 21.8 Å². The maximum atomic E-state index is 12.6. The molecule has 3 unspecified atom stereocenters. The Balaban J connectivity index is 0.00000144. The first kappa shape index (κ1) is 15.8. The van der Waals surface area contributed by atoms with Gasteiger partial charge in [0.1, 0.15) is 5.69 Å². The summed E-state index contributed by atoms with van der Waals surface area (Å²) in [6.45, 7) is 3.95. The first-order valence-electron chi connectivity index (χ1n) is 8.36. The zero-order valence-corrected chi connectivity index (χ0v) is 13.7. The molecule has 122 valence electrons. The van der Waals surface area contributed by atoms with Crippen molar-refractivity contribution in [3.05, 3.63) is 18.0 Å². The second-order valence-corrected chi connectivity index (χ2v) is 6.84. The van der Waals surface area contributed by atoms with Crippen LogP contribution in [0.2, 0.25) is 0 Å². The molecule has 1 amide bonds. The van der Waals surface area contributed by atoms with Gasteiger partial charge in [-0.15, -0.1) is 12.4 Å². The summed E-state index contributed by atoms with van der Waals surface area (Å²) in [6, 6.07) is 2.30. The van der Waals surface area contributed by atoms with Gasteiger partial charge in [-0.3, -0.25) is 9.48 Å². The number of halogens is 1. The molecule has 1 saturated carbocycles. The quantitative estimate of drug-likeness (QED) is 0.906. The van der Waals surface area contributed by atoms with Crippen molar-refractivity contribution in [3.63, 3.8) is 0 Å².